The van der Waals surface area contributed by atoms with Crippen molar-refractivity contribution in [3.8, 4) is 17.0 Å². The SMILES string of the molecule is COc1ccc2c(=O)cc(-c3ccccc3)[nH]c2c1.O=C1NC2C[C@H]2/C=C\CCCCNC(=O)N2CCCC12. The summed E-state index contributed by atoms with van der Waals surface area (Å²) < 4.78 is 5.19. The molecule has 1 saturated heterocycles. The molecule has 3 heterocycles. The minimum atomic E-state index is -0.275. The molecule has 1 aromatic heterocycles. The van der Waals surface area contributed by atoms with E-state index < -0.39 is 0 Å². The van der Waals surface area contributed by atoms with E-state index in [2.05, 4.69) is 27.8 Å². The number of allylic oxidation sites excluding steroid dienone is 1. The molecule has 6 rings (SSSR count). The molecule has 2 aromatic carbocycles. The van der Waals surface area contributed by atoms with Gasteiger partial charge < -0.3 is 25.3 Å². The molecule has 0 radical (unpaired) electrons. The average molecular weight is 529 g/mol. The number of nitrogens with zero attached hydrogens (tertiary/aromatic N) is 1. The molecule has 1 saturated carbocycles. The topological polar surface area (TPSA) is 104 Å². The Bertz CT molecular complexity index is 1400. The molecule has 8 heteroatoms. The lowest BCUT2D eigenvalue weighted by Gasteiger charge is -2.24. The number of aromatic amines is 1. The van der Waals surface area contributed by atoms with E-state index in [1.165, 1.54) is 0 Å². The maximum atomic E-state index is 12.3. The van der Waals surface area contributed by atoms with Crippen LogP contribution in [-0.4, -0.2) is 54.1 Å². The number of pyridine rings is 1. The first-order valence-electron chi connectivity index (χ1n) is 13.8. The van der Waals surface area contributed by atoms with Crippen molar-refractivity contribution in [1.82, 2.24) is 20.5 Å². The molecule has 8 nitrogen and oxygen atoms in total. The van der Waals surface area contributed by atoms with Gasteiger partial charge in [0.2, 0.25) is 5.91 Å². The molecule has 3 amide bonds. The van der Waals surface area contributed by atoms with Gasteiger partial charge in [-0.05, 0) is 62.1 Å². The first kappa shape index (κ1) is 26.5. The van der Waals surface area contributed by atoms with Gasteiger partial charge in [-0.15, -0.1) is 0 Å². The van der Waals surface area contributed by atoms with Crippen molar-refractivity contribution in [2.24, 2.45) is 5.92 Å². The van der Waals surface area contributed by atoms with E-state index in [0.717, 1.165) is 61.0 Å². The number of amides is 3. The van der Waals surface area contributed by atoms with Crippen LogP contribution < -0.4 is 20.8 Å². The number of ether oxygens (including phenoxy) is 1. The van der Waals surface area contributed by atoms with Crippen LogP contribution in [0.1, 0.15) is 38.5 Å². The monoisotopic (exact) mass is 528 g/mol. The molecule has 2 fully saturated rings. The molecular weight excluding hydrogens is 492 g/mol. The van der Waals surface area contributed by atoms with Crippen LogP contribution in [-0.2, 0) is 4.79 Å². The smallest absolute Gasteiger partial charge is 0.318 e. The Morgan fingerprint density at radius 1 is 0.974 bits per heavy atom. The van der Waals surface area contributed by atoms with Crippen LogP contribution in [0.15, 0.2) is 71.5 Å². The number of carbonyl (C=O) groups is 2. The first-order chi connectivity index (χ1) is 19.0. The lowest BCUT2D eigenvalue weighted by Crippen LogP contribution is -2.50. The van der Waals surface area contributed by atoms with Crippen molar-refractivity contribution in [3.63, 3.8) is 0 Å². The van der Waals surface area contributed by atoms with E-state index in [1.807, 2.05) is 36.4 Å². The number of rotatable bonds is 2. The predicted octanol–water partition coefficient (Wildman–Crippen LogP) is 4.61. The van der Waals surface area contributed by atoms with Crippen molar-refractivity contribution in [2.45, 2.75) is 50.6 Å². The van der Waals surface area contributed by atoms with Crippen LogP contribution in [0.5, 0.6) is 5.75 Å². The Balaban J connectivity index is 0.000000158. The summed E-state index contributed by atoms with van der Waals surface area (Å²) in [6, 6.07) is 16.8. The van der Waals surface area contributed by atoms with Crippen molar-refractivity contribution in [2.75, 3.05) is 20.2 Å². The predicted molar refractivity (Wildman–Crippen MR) is 153 cm³/mol. The van der Waals surface area contributed by atoms with Gasteiger partial charge >= 0.3 is 6.03 Å². The molecule has 3 aliphatic rings. The van der Waals surface area contributed by atoms with Crippen molar-refractivity contribution in [3.05, 3.63) is 77.0 Å². The van der Waals surface area contributed by atoms with Gasteiger partial charge in [0, 0.05) is 42.3 Å². The van der Waals surface area contributed by atoms with E-state index in [-0.39, 0.29) is 29.5 Å². The van der Waals surface area contributed by atoms with Crippen LogP contribution in [0.4, 0.5) is 4.79 Å². The summed E-state index contributed by atoms with van der Waals surface area (Å²) in [5, 5.41) is 6.69. The van der Waals surface area contributed by atoms with Gasteiger partial charge in [-0.25, -0.2) is 4.79 Å². The molecule has 3 atom stereocenters. The van der Waals surface area contributed by atoms with Crippen LogP contribution in [0.3, 0.4) is 0 Å². The summed E-state index contributed by atoms with van der Waals surface area (Å²) >= 11 is 0. The fourth-order valence-corrected chi connectivity index (χ4v) is 5.24. The van der Waals surface area contributed by atoms with Crippen LogP contribution in [0, 0.1) is 5.92 Å². The fraction of sp³-hybridized carbons (Fsp3) is 0.387. The number of urea groups is 1. The van der Waals surface area contributed by atoms with Gasteiger partial charge in [-0.1, -0.05) is 42.5 Å². The minimum absolute atomic E-state index is 0.00950. The Kier molecular flexibility index (Phi) is 8.30. The lowest BCUT2D eigenvalue weighted by atomic mass is 10.1. The summed E-state index contributed by atoms with van der Waals surface area (Å²) in [5.74, 6) is 1.26. The number of hydrogen-bond donors (Lipinski definition) is 3. The van der Waals surface area contributed by atoms with E-state index in [0.29, 0.717) is 24.4 Å². The van der Waals surface area contributed by atoms with Gasteiger partial charge in [0.25, 0.3) is 0 Å². The molecule has 204 valence electrons. The molecule has 3 N–H and O–H groups in total. The lowest BCUT2D eigenvalue weighted by molar-refractivity contribution is -0.124. The first-order valence-corrected chi connectivity index (χ1v) is 13.8. The molecule has 0 bridgehead atoms. The van der Waals surface area contributed by atoms with Gasteiger partial charge in [-0.2, -0.15) is 0 Å². The van der Waals surface area contributed by atoms with Crippen molar-refractivity contribution < 1.29 is 14.3 Å². The number of fused-ring (bicyclic) bond motifs is 3. The Morgan fingerprint density at radius 3 is 2.64 bits per heavy atom. The summed E-state index contributed by atoms with van der Waals surface area (Å²) in [6.45, 7) is 1.39. The summed E-state index contributed by atoms with van der Waals surface area (Å²) in [5.41, 5.74) is 2.59. The second-order valence-corrected chi connectivity index (χ2v) is 10.3. The number of carbonyl (C=O) groups excluding carboxylic acids is 2. The number of hydrogen-bond acceptors (Lipinski definition) is 4. The third-order valence-electron chi connectivity index (χ3n) is 7.56. The van der Waals surface area contributed by atoms with Crippen LogP contribution >= 0.6 is 0 Å². The van der Waals surface area contributed by atoms with Gasteiger partial charge in [-0.3, -0.25) is 9.59 Å². The number of methoxy groups -OCH3 is 1. The van der Waals surface area contributed by atoms with Crippen LogP contribution in [0.25, 0.3) is 22.2 Å². The normalized spacial score (nSPS) is 23.7. The zero-order valence-corrected chi connectivity index (χ0v) is 22.3. The fourth-order valence-electron chi connectivity index (χ4n) is 5.24. The Hall–Kier alpha value is -4.07. The van der Waals surface area contributed by atoms with Gasteiger partial charge in [0.1, 0.15) is 11.8 Å². The molecule has 2 aliphatic heterocycles. The van der Waals surface area contributed by atoms with E-state index in [4.69, 9.17) is 4.74 Å². The highest BCUT2D eigenvalue weighted by atomic mass is 16.5. The summed E-state index contributed by atoms with van der Waals surface area (Å²) in [7, 11) is 1.61. The largest absolute Gasteiger partial charge is 0.497 e. The summed E-state index contributed by atoms with van der Waals surface area (Å²) in [6.07, 6.45) is 10.3. The zero-order valence-electron chi connectivity index (χ0n) is 22.3. The average Bonchev–Trinajstić information content (AvgIpc) is 3.49. The molecule has 39 heavy (non-hydrogen) atoms. The molecule has 2 unspecified atom stereocenters. The standard InChI is InChI=1S/C16H13NO2.C15H23N3O2/c1-19-12-7-8-13-15(9-12)17-14(10-16(13)18)11-5-3-2-4-6-11;19-14-13-7-5-9-18(13)15(20)16-8-4-2-1-3-6-11-10-12(11)17-14/h2-10H,1H3,(H,17,18);3,6,11-13H,1-2,4-5,7-10H2,(H,16,20)(H,17,19)/b;6-3-/t;11-,12?,13?/m.1/s1. The van der Waals surface area contributed by atoms with Crippen molar-refractivity contribution >= 4 is 22.8 Å². The number of H-pyrrole nitrogens is 1. The van der Waals surface area contributed by atoms with E-state index in [1.54, 1.807) is 30.2 Å². The van der Waals surface area contributed by atoms with Gasteiger partial charge in [0.05, 0.1) is 12.6 Å². The molecule has 3 aromatic rings. The molecular formula is C31H36N4O4. The van der Waals surface area contributed by atoms with E-state index in [9.17, 15) is 14.4 Å². The van der Waals surface area contributed by atoms with Crippen molar-refractivity contribution in [1.29, 1.82) is 0 Å². The van der Waals surface area contributed by atoms with E-state index >= 15 is 0 Å². The Labute approximate surface area is 228 Å². The van der Waals surface area contributed by atoms with Crippen LogP contribution in [0.2, 0.25) is 0 Å². The highest BCUT2D eigenvalue weighted by Gasteiger charge is 2.40. The molecule has 1 aliphatic carbocycles. The maximum Gasteiger partial charge on any atom is 0.318 e. The highest BCUT2D eigenvalue weighted by molar-refractivity contribution is 5.88. The number of aromatic nitrogens is 1. The quantitative estimate of drug-likeness (QED) is 0.423. The number of benzene rings is 2. The minimum Gasteiger partial charge on any atom is -0.497 e. The number of nitrogens with one attached hydrogen (secondary N) is 3. The molecule has 0 spiro atoms. The third-order valence-corrected chi connectivity index (χ3v) is 7.56. The third kappa shape index (κ3) is 6.50. The Morgan fingerprint density at radius 2 is 1.82 bits per heavy atom. The second-order valence-electron chi connectivity index (χ2n) is 10.3. The highest BCUT2D eigenvalue weighted by Crippen LogP contribution is 2.32. The summed E-state index contributed by atoms with van der Waals surface area (Å²) in [4.78, 5) is 41.5. The maximum absolute atomic E-state index is 12.3. The zero-order chi connectivity index (χ0) is 27.2. The van der Waals surface area contributed by atoms with Gasteiger partial charge in [0.15, 0.2) is 5.43 Å². The second kappa shape index (κ2) is 12.2.